The Balaban J connectivity index is 1.37. The van der Waals surface area contributed by atoms with Crippen LogP contribution < -0.4 is 10.9 Å². The number of nitrogens with zero attached hydrogens (tertiary/aromatic N) is 4. The van der Waals surface area contributed by atoms with Crippen LogP contribution in [0.25, 0.3) is 11.0 Å². The predicted molar refractivity (Wildman–Crippen MR) is 105 cm³/mol. The molecule has 1 unspecified atom stereocenters. The number of amides is 2. The van der Waals surface area contributed by atoms with Gasteiger partial charge in [0.05, 0.1) is 23.3 Å². The number of hydrogen-bond donors (Lipinski definition) is 1. The van der Waals surface area contributed by atoms with Crippen molar-refractivity contribution in [3.05, 3.63) is 40.8 Å². The molecule has 0 radical (unpaired) electrons. The molecule has 1 aromatic heterocycles. The van der Waals surface area contributed by atoms with E-state index in [0.29, 0.717) is 43.3 Å². The average Bonchev–Trinajstić information content (AvgIpc) is 3.53. The molecule has 0 bridgehead atoms. The van der Waals surface area contributed by atoms with E-state index in [1.54, 1.807) is 11.0 Å². The van der Waals surface area contributed by atoms with Gasteiger partial charge in [-0.05, 0) is 31.9 Å². The fraction of sp³-hybridized carbons (Fsp3) is 0.500. The summed E-state index contributed by atoms with van der Waals surface area (Å²) in [6.07, 6.45) is 3.40. The van der Waals surface area contributed by atoms with Crippen LogP contribution in [0.5, 0.6) is 0 Å². The Bertz CT molecular complexity index is 944. The quantitative estimate of drug-likeness (QED) is 0.797. The van der Waals surface area contributed by atoms with Crippen LogP contribution in [0.3, 0.4) is 0 Å². The van der Waals surface area contributed by atoms with Gasteiger partial charge in [0.2, 0.25) is 11.8 Å². The Morgan fingerprint density at radius 3 is 2.61 bits per heavy atom. The standard InChI is InChI=1S/C20H25N5O3/c1-14(20(28)22-15-6-7-15)23-8-10-24(11-9-23)19(27)13-25-17-5-3-2-4-16(17)21-12-18(25)26/h2-5,12,14-15H,6-11,13H2,1H3,(H,22,28). The van der Waals surface area contributed by atoms with E-state index in [9.17, 15) is 14.4 Å². The molecule has 8 heteroatoms. The number of fused-ring (bicyclic) bond motifs is 1. The van der Waals surface area contributed by atoms with Gasteiger partial charge in [-0.1, -0.05) is 12.1 Å². The van der Waals surface area contributed by atoms with Gasteiger partial charge in [-0.15, -0.1) is 0 Å². The molecule has 4 rings (SSSR count). The van der Waals surface area contributed by atoms with Gasteiger partial charge in [0.15, 0.2) is 0 Å². The lowest BCUT2D eigenvalue weighted by Crippen LogP contribution is -2.55. The van der Waals surface area contributed by atoms with E-state index in [2.05, 4.69) is 15.2 Å². The first-order valence-electron chi connectivity index (χ1n) is 9.80. The highest BCUT2D eigenvalue weighted by atomic mass is 16.2. The van der Waals surface area contributed by atoms with E-state index >= 15 is 0 Å². The molecular formula is C20H25N5O3. The maximum absolute atomic E-state index is 12.8. The zero-order valence-corrected chi connectivity index (χ0v) is 16.0. The van der Waals surface area contributed by atoms with Crippen molar-refractivity contribution < 1.29 is 9.59 Å². The Morgan fingerprint density at radius 2 is 1.89 bits per heavy atom. The Hall–Kier alpha value is -2.74. The lowest BCUT2D eigenvalue weighted by atomic mass is 10.2. The molecule has 148 valence electrons. The van der Waals surface area contributed by atoms with Crippen LogP contribution in [0.2, 0.25) is 0 Å². The number of benzene rings is 1. The summed E-state index contributed by atoms with van der Waals surface area (Å²) in [5.74, 6) is -0.0229. The predicted octanol–water partition coefficient (Wildman–Crippen LogP) is 0.208. The van der Waals surface area contributed by atoms with Crippen LogP contribution in [0.4, 0.5) is 0 Å². The number of aromatic nitrogens is 2. The van der Waals surface area contributed by atoms with E-state index in [-0.39, 0.29) is 30.0 Å². The summed E-state index contributed by atoms with van der Waals surface area (Å²) in [6.45, 7) is 4.32. The third-order valence-corrected chi connectivity index (χ3v) is 5.56. The molecule has 8 nitrogen and oxygen atoms in total. The number of carbonyl (C=O) groups excluding carboxylic acids is 2. The molecule has 2 fully saturated rings. The van der Waals surface area contributed by atoms with Crippen molar-refractivity contribution in [3.63, 3.8) is 0 Å². The van der Waals surface area contributed by atoms with Gasteiger partial charge < -0.3 is 10.2 Å². The average molecular weight is 383 g/mol. The zero-order valence-electron chi connectivity index (χ0n) is 16.0. The molecule has 1 saturated carbocycles. The fourth-order valence-electron chi connectivity index (χ4n) is 3.59. The lowest BCUT2D eigenvalue weighted by molar-refractivity contribution is -0.134. The number of rotatable bonds is 5. The SMILES string of the molecule is CC(C(=O)NC1CC1)N1CCN(C(=O)Cn2c(=O)cnc3ccccc32)CC1. The van der Waals surface area contributed by atoms with Crippen LogP contribution >= 0.6 is 0 Å². The van der Waals surface area contributed by atoms with Crippen LogP contribution in [0.15, 0.2) is 35.3 Å². The molecular weight excluding hydrogens is 358 g/mol. The third kappa shape index (κ3) is 3.91. The summed E-state index contributed by atoms with van der Waals surface area (Å²) in [5.41, 5.74) is 1.07. The molecule has 2 amide bonds. The second-order valence-electron chi connectivity index (χ2n) is 7.55. The molecule has 28 heavy (non-hydrogen) atoms. The first-order chi connectivity index (χ1) is 13.5. The summed E-state index contributed by atoms with van der Waals surface area (Å²) in [5, 5.41) is 3.04. The van der Waals surface area contributed by atoms with Gasteiger partial charge in [0, 0.05) is 32.2 Å². The van der Waals surface area contributed by atoms with E-state index in [0.717, 1.165) is 12.8 Å². The van der Waals surface area contributed by atoms with Gasteiger partial charge >= 0.3 is 0 Å². The molecule has 2 aromatic rings. The molecule has 1 saturated heterocycles. The molecule has 1 aliphatic heterocycles. The van der Waals surface area contributed by atoms with Crippen LogP contribution in [-0.2, 0) is 16.1 Å². The highest BCUT2D eigenvalue weighted by Gasteiger charge is 2.31. The van der Waals surface area contributed by atoms with Gasteiger partial charge in [-0.2, -0.15) is 0 Å². The van der Waals surface area contributed by atoms with Crippen LogP contribution in [0, 0.1) is 0 Å². The normalized spacial score (nSPS) is 18.8. The van der Waals surface area contributed by atoms with Crippen LogP contribution in [-0.4, -0.2) is 69.4 Å². The molecule has 1 aromatic carbocycles. The Morgan fingerprint density at radius 1 is 1.18 bits per heavy atom. The fourth-order valence-corrected chi connectivity index (χ4v) is 3.59. The van der Waals surface area contributed by atoms with Crippen LogP contribution in [0.1, 0.15) is 19.8 Å². The molecule has 1 N–H and O–H groups in total. The summed E-state index contributed by atoms with van der Waals surface area (Å²) >= 11 is 0. The summed E-state index contributed by atoms with van der Waals surface area (Å²) in [6, 6.07) is 7.47. The monoisotopic (exact) mass is 383 g/mol. The number of carbonyl (C=O) groups is 2. The minimum Gasteiger partial charge on any atom is -0.352 e. The number of para-hydroxylation sites is 2. The summed E-state index contributed by atoms with van der Waals surface area (Å²) in [4.78, 5) is 45.3. The number of piperazine rings is 1. The summed E-state index contributed by atoms with van der Waals surface area (Å²) < 4.78 is 1.47. The topological polar surface area (TPSA) is 87.5 Å². The van der Waals surface area contributed by atoms with Gasteiger partial charge in [-0.25, -0.2) is 4.98 Å². The van der Waals surface area contributed by atoms with Crippen molar-refractivity contribution in [2.45, 2.75) is 38.4 Å². The second-order valence-corrected chi connectivity index (χ2v) is 7.55. The van der Waals surface area contributed by atoms with Crippen molar-refractivity contribution in [1.82, 2.24) is 24.7 Å². The maximum atomic E-state index is 12.8. The first-order valence-corrected chi connectivity index (χ1v) is 9.80. The second kappa shape index (κ2) is 7.71. The van der Waals surface area contributed by atoms with Crippen molar-refractivity contribution in [2.75, 3.05) is 26.2 Å². The lowest BCUT2D eigenvalue weighted by Gasteiger charge is -2.37. The smallest absolute Gasteiger partial charge is 0.269 e. The van der Waals surface area contributed by atoms with Gasteiger partial charge in [-0.3, -0.25) is 23.9 Å². The Kier molecular flexibility index (Phi) is 5.13. The molecule has 2 heterocycles. The third-order valence-electron chi connectivity index (χ3n) is 5.56. The molecule has 1 atom stereocenters. The number of hydrogen-bond acceptors (Lipinski definition) is 5. The van der Waals surface area contributed by atoms with E-state index < -0.39 is 0 Å². The maximum Gasteiger partial charge on any atom is 0.269 e. The Labute approximate surface area is 163 Å². The minimum atomic E-state index is -0.281. The summed E-state index contributed by atoms with van der Waals surface area (Å²) in [7, 11) is 0. The van der Waals surface area contributed by atoms with Gasteiger partial charge in [0.1, 0.15) is 6.54 Å². The van der Waals surface area contributed by atoms with Crippen molar-refractivity contribution in [2.24, 2.45) is 0 Å². The van der Waals surface area contributed by atoms with E-state index in [1.165, 1.54) is 10.8 Å². The highest BCUT2D eigenvalue weighted by molar-refractivity contribution is 5.82. The van der Waals surface area contributed by atoms with Crippen molar-refractivity contribution in [3.8, 4) is 0 Å². The highest BCUT2D eigenvalue weighted by Crippen LogP contribution is 2.19. The van der Waals surface area contributed by atoms with Gasteiger partial charge in [0.25, 0.3) is 5.56 Å². The number of nitrogens with one attached hydrogen (secondary N) is 1. The van der Waals surface area contributed by atoms with Crippen molar-refractivity contribution >= 4 is 22.8 Å². The van der Waals surface area contributed by atoms with E-state index in [4.69, 9.17) is 0 Å². The minimum absolute atomic E-state index is 0.000410. The first kappa shape index (κ1) is 18.6. The van der Waals surface area contributed by atoms with E-state index in [1.807, 2.05) is 25.1 Å². The molecule has 2 aliphatic rings. The largest absolute Gasteiger partial charge is 0.352 e. The zero-order chi connectivity index (χ0) is 19.7. The molecule has 1 aliphatic carbocycles. The molecule has 0 spiro atoms. The van der Waals surface area contributed by atoms with Crippen molar-refractivity contribution in [1.29, 1.82) is 0 Å².